The molecule has 0 aromatic heterocycles. The van der Waals surface area contributed by atoms with Gasteiger partial charge in [0.05, 0.1) is 0 Å². The van der Waals surface area contributed by atoms with Crippen molar-refractivity contribution in [2.24, 2.45) is 5.73 Å². The number of nitrogens with two attached hydrogens (primary N) is 1. The summed E-state index contributed by atoms with van der Waals surface area (Å²) in [7, 11) is 0. The van der Waals surface area contributed by atoms with Crippen LogP contribution in [0, 0.1) is 0 Å². The zero-order valence-electron chi connectivity index (χ0n) is 10.7. The summed E-state index contributed by atoms with van der Waals surface area (Å²) < 4.78 is 0. The van der Waals surface area contributed by atoms with Gasteiger partial charge in [0.15, 0.2) is 0 Å². The number of rotatable bonds is 6. The number of nitrogens with one attached hydrogen (secondary N) is 1. The lowest BCUT2D eigenvalue weighted by atomic mass is 9.84. The molecule has 3 N–H and O–H groups in total. The van der Waals surface area contributed by atoms with E-state index in [1.165, 1.54) is 5.56 Å². The van der Waals surface area contributed by atoms with Crippen LogP contribution in [-0.2, 0) is 10.2 Å². The number of carbonyl (C=O) groups is 1. The van der Waals surface area contributed by atoms with Gasteiger partial charge in [-0.1, -0.05) is 44.2 Å². The molecule has 1 rings (SSSR count). The van der Waals surface area contributed by atoms with Gasteiger partial charge in [-0.15, -0.1) is 0 Å². The average Bonchev–Trinajstić information content (AvgIpc) is 2.35. The van der Waals surface area contributed by atoms with E-state index in [1.54, 1.807) is 0 Å². The predicted octanol–water partition coefficient (Wildman–Crippen LogP) is 1.82. The molecule has 1 amide bonds. The van der Waals surface area contributed by atoms with E-state index in [-0.39, 0.29) is 11.3 Å². The Morgan fingerprint density at radius 3 is 2.53 bits per heavy atom. The molecule has 0 fully saturated rings. The Balaban J connectivity index is 2.48. The minimum absolute atomic E-state index is 0.0420. The molecule has 0 spiro atoms. The molecule has 0 saturated heterocycles. The van der Waals surface area contributed by atoms with E-state index in [9.17, 15) is 4.79 Å². The predicted molar refractivity (Wildman–Crippen MR) is 70.8 cm³/mol. The van der Waals surface area contributed by atoms with Crippen LogP contribution < -0.4 is 11.1 Å². The highest BCUT2D eigenvalue weighted by Crippen LogP contribution is 2.21. The molecule has 0 aliphatic rings. The van der Waals surface area contributed by atoms with Crippen molar-refractivity contribution in [3.05, 3.63) is 35.9 Å². The first kappa shape index (κ1) is 13.7. The first-order valence-electron chi connectivity index (χ1n) is 6.08. The van der Waals surface area contributed by atoms with E-state index < -0.39 is 0 Å². The molecule has 0 heterocycles. The lowest BCUT2D eigenvalue weighted by Crippen LogP contribution is -2.36. The summed E-state index contributed by atoms with van der Waals surface area (Å²) in [4.78, 5) is 11.5. The number of hydrogen-bond acceptors (Lipinski definition) is 2. The Hall–Kier alpha value is -1.35. The zero-order chi connectivity index (χ0) is 12.7. The van der Waals surface area contributed by atoms with Gasteiger partial charge in [0.25, 0.3) is 0 Å². The van der Waals surface area contributed by atoms with Crippen LogP contribution >= 0.6 is 0 Å². The fraction of sp³-hybridized carbons (Fsp3) is 0.500. The third-order valence-corrected chi connectivity index (χ3v) is 2.89. The molecule has 94 valence electrons. The Morgan fingerprint density at radius 1 is 1.29 bits per heavy atom. The number of benzene rings is 1. The Labute approximate surface area is 103 Å². The largest absolute Gasteiger partial charge is 0.355 e. The average molecular weight is 234 g/mol. The lowest BCUT2D eigenvalue weighted by Gasteiger charge is -2.25. The number of carbonyl (C=O) groups excluding carboxylic acids is 1. The fourth-order valence-corrected chi connectivity index (χ4v) is 1.66. The van der Waals surface area contributed by atoms with Crippen molar-refractivity contribution in [3.8, 4) is 0 Å². The van der Waals surface area contributed by atoms with Gasteiger partial charge in [0.2, 0.25) is 5.91 Å². The van der Waals surface area contributed by atoms with Gasteiger partial charge < -0.3 is 11.1 Å². The standard InChI is InChI=1S/C14H22N2O/c1-14(2,12-7-4-3-5-8-12)11-16-13(17)9-6-10-15/h3-5,7-8H,6,9-11,15H2,1-2H3,(H,16,17). The highest BCUT2D eigenvalue weighted by molar-refractivity contribution is 5.75. The summed E-state index contributed by atoms with van der Waals surface area (Å²) in [6, 6.07) is 10.2. The van der Waals surface area contributed by atoms with E-state index in [1.807, 2.05) is 18.2 Å². The van der Waals surface area contributed by atoms with Gasteiger partial charge in [-0.05, 0) is 18.5 Å². The molecule has 0 radical (unpaired) electrons. The number of hydrogen-bond donors (Lipinski definition) is 2. The van der Waals surface area contributed by atoms with Crippen LogP contribution in [0.5, 0.6) is 0 Å². The minimum Gasteiger partial charge on any atom is -0.355 e. The van der Waals surface area contributed by atoms with Crippen molar-refractivity contribution < 1.29 is 4.79 Å². The second kappa shape index (κ2) is 6.40. The molecular weight excluding hydrogens is 212 g/mol. The smallest absolute Gasteiger partial charge is 0.220 e. The van der Waals surface area contributed by atoms with Crippen molar-refractivity contribution in [1.82, 2.24) is 5.32 Å². The second-order valence-corrected chi connectivity index (χ2v) is 4.92. The van der Waals surface area contributed by atoms with E-state index in [0.717, 1.165) is 6.42 Å². The molecule has 0 aliphatic heterocycles. The van der Waals surface area contributed by atoms with Crippen molar-refractivity contribution in [2.75, 3.05) is 13.1 Å². The molecule has 1 aromatic carbocycles. The SMILES string of the molecule is CC(C)(CNC(=O)CCCN)c1ccccc1. The molecule has 0 atom stereocenters. The molecule has 0 bridgehead atoms. The van der Waals surface area contributed by atoms with Gasteiger partial charge in [0, 0.05) is 18.4 Å². The highest BCUT2D eigenvalue weighted by Gasteiger charge is 2.20. The Morgan fingerprint density at radius 2 is 1.94 bits per heavy atom. The van der Waals surface area contributed by atoms with Crippen LogP contribution in [0.2, 0.25) is 0 Å². The summed E-state index contributed by atoms with van der Waals surface area (Å²) in [6.45, 7) is 5.48. The van der Waals surface area contributed by atoms with Crippen LogP contribution in [0.3, 0.4) is 0 Å². The normalized spacial score (nSPS) is 11.2. The van der Waals surface area contributed by atoms with Crippen molar-refractivity contribution >= 4 is 5.91 Å². The first-order chi connectivity index (χ1) is 8.06. The van der Waals surface area contributed by atoms with Gasteiger partial charge in [0.1, 0.15) is 0 Å². The molecule has 0 aliphatic carbocycles. The van der Waals surface area contributed by atoms with Crippen LogP contribution in [0.15, 0.2) is 30.3 Å². The lowest BCUT2D eigenvalue weighted by molar-refractivity contribution is -0.121. The monoisotopic (exact) mass is 234 g/mol. The summed E-state index contributed by atoms with van der Waals surface area (Å²) in [6.07, 6.45) is 1.26. The van der Waals surface area contributed by atoms with Crippen molar-refractivity contribution in [1.29, 1.82) is 0 Å². The summed E-state index contributed by atoms with van der Waals surface area (Å²) in [5, 5.41) is 2.96. The summed E-state index contributed by atoms with van der Waals surface area (Å²) in [5.41, 5.74) is 6.56. The first-order valence-corrected chi connectivity index (χ1v) is 6.08. The summed E-state index contributed by atoms with van der Waals surface area (Å²) >= 11 is 0. The van der Waals surface area contributed by atoms with Gasteiger partial charge in [-0.3, -0.25) is 4.79 Å². The molecule has 0 unspecified atom stereocenters. The maximum atomic E-state index is 11.5. The molecular formula is C14H22N2O. The third-order valence-electron chi connectivity index (χ3n) is 2.89. The van der Waals surface area contributed by atoms with Crippen molar-refractivity contribution in [2.45, 2.75) is 32.1 Å². The maximum absolute atomic E-state index is 11.5. The quantitative estimate of drug-likeness (QED) is 0.789. The van der Waals surface area contributed by atoms with Crippen LogP contribution in [0.25, 0.3) is 0 Å². The molecule has 17 heavy (non-hydrogen) atoms. The Bertz CT molecular complexity index is 346. The van der Waals surface area contributed by atoms with Gasteiger partial charge >= 0.3 is 0 Å². The third kappa shape index (κ3) is 4.57. The Kier molecular flexibility index (Phi) is 5.16. The van der Waals surface area contributed by atoms with Crippen LogP contribution in [0.1, 0.15) is 32.3 Å². The van der Waals surface area contributed by atoms with Gasteiger partial charge in [-0.25, -0.2) is 0 Å². The zero-order valence-corrected chi connectivity index (χ0v) is 10.7. The van der Waals surface area contributed by atoms with Gasteiger partial charge in [-0.2, -0.15) is 0 Å². The highest BCUT2D eigenvalue weighted by atomic mass is 16.1. The van der Waals surface area contributed by atoms with Crippen molar-refractivity contribution in [3.63, 3.8) is 0 Å². The molecule has 3 heteroatoms. The maximum Gasteiger partial charge on any atom is 0.220 e. The van der Waals surface area contributed by atoms with E-state index in [4.69, 9.17) is 5.73 Å². The molecule has 1 aromatic rings. The van der Waals surface area contributed by atoms with Crippen LogP contribution in [0.4, 0.5) is 0 Å². The summed E-state index contributed by atoms with van der Waals surface area (Å²) in [5.74, 6) is 0.0828. The number of amides is 1. The van der Waals surface area contributed by atoms with E-state index >= 15 is 0 Å². The van der Waals surface area contributed by atoms with Crippen LogP contribution in [-0.4, -0.2) is 19.0 Å². The van der Waals surface area contributed by atoms with E-state index in [0.29, 0.717) is 19.5 Å². The molecule has 0 saturated carbocycles. The molecule has 3 nitrogen and oxygen atoms in total. The second-order valence-electron chi connectivity index (χ2n) is 4.92. The minimum atomic E-state index is -0.0420. The topological polar surface area (TPSA) is 55.1 Å². The fourth-order valence-electron chi connectivity index (χ4n) is 1.66. The van der Waals surface area contributed by atoms with E-state index in [2.05, 4.69) is 31.3 Å².